The van der Waals surface area contributed by atoms with Gasteiger partial charge in [-0.15, -0.1) is 0 Å². The second-order valence-electron chi connectivity index (χ2n) is 7.65. The molecule has 4 rings (SSSR count). The number of methoxy groups -OCH3 is 1. The number of anilines is 1. The highest BCUT2D eigenvalue weighted by atomic mass is 16.5. The molecular weight excluding hydrogens is 402 g/mol. The maximum absolute atomic E-state index is 12.8. The predicted molar refractivity (Wildman–Crippen MR) is 109 cm³/mol. The zero-order chi connectivity index (χ0) is 22.2. The first-order valence-electron chi connectivity index (χ1n) is 9.49. The van der Waals surface area contributed by atoms with Crippen molar-refractivity contribution in [3.8, 4) is 17.4 Å². The van der Waals surface area contributed by atoms with E-state index in [0.717, 1.165) is 5.56 Å². The molecule has 160 valence electrons. The molecule has 0 radical (unpaired) electrons. The highest BCUT2D eigenvalue weighted by Crippen LogP contribution is 2.42. The Hall–Kier alpha value is -3.95. The van der Waals surface area contributed by atoms with Crippen LogP contribution >= 0.6 is 0 Å². The number of rotatable bonds is 5. The van der Waals surface area contributed by atoms with E-state index in [0.29, 0.717) is 29.3 Å². The zero-order valence-corrected chi connectivity index (χ0v) is 17.5. The molecule has 1 aromatic carbocycles. The van der Waals surface area contributed by atoms with Crippen LogP contribution in [-0.4, -0.2) is 44.3 Å². The third kappa shape index (κ3) is 4.32. The molecule has 1 aliphatic heterocycles. The van der Waals surface area contributed by atoms with Crippen molar-refractivity contribution >= 4 is 17.7 Å². The number of carbonyl (C=O) groups is 2. The monoisotopic (exact) mass is 423 g/mol. The minimum atomic E-state index is -0.594. The van der Waals surface area contributed by atoms with Crippen LogP contribution in [0.5, 0.6) is 17.4 Å². The van der Waals surface area contributed by atoms with Crippen molar-refractivity contribution in [2.75, 3.05) is 12.4 Å². The van der Waals surface area contributed by atoms with Gasteiger partial charge in [-0.3, -0.25) is 9.48 Å². The summed E-state index contributed by atoms with van der Waals surface area (Å²) in [6, 6.07) is 5.00. The van der Waals surface area contributed by atoms with E-state index in [9.17, 15) is 9.59 Å². The molecule has 0 fully saturated rings. The SMILES string of the molecule is COC(=O)c1cnc(Oc2cc(C(=O)Nc3ccn(C)n3)cc3c2CC(C)(C)O3)cn1. The van der Waals surface area contributed by atoms with Crippen LogP contribution in [0.3, 0.4) is 0 Å². The fraction of sp³-hybridized carbons (Fsp3) is 0.286. The molecular formula is C21H21N5O5. The molecule has 0 bridgehead atoms. The van der Waals surface area contributed by atoms with E-state index in [1.165, 1.54) is 19.5 Å². The molecule has 0 atom stereocenters. The first kappa shape index (κ1) is 20.3. The van der Waals surface area contributed by atoms with E-state index in [2.05, 4.69) is 25.1 Å². The van der Waals surface area contributed by atoms with Gasteiger partial charge in [0.2, 0.25) is 5.88 Å². The molecule has 0 saturated heterocycles. The van der Waals surface area contributed by atoms with Crippen LogP contribution in [0.4, 0.5) is 5.82 Å². The Kier molecular flexibility index (Phi) is 5.05. The number of fused-ring (bicyclic) bond motifs is 1. The number of benzene rings is 1. The fourth-order valence-corrected chi connectivity index (χ4v) is 3.23. The van der Waals surface area contributed by atoms with Crippen molar-refractivity contribution in [3.05, 3.63) is 53.6 Å². The molecule has 0 spiro atoms. The second-order valence-corrected chi connectivity index (χ2v) is 7.65. The summed E-state index contributed by atoms with van der Waals surface area (Å²) in [6.45, 7) is 3.91. The Morgan fingerprint density at radius 1 is 1.23 bits per heavy atom. The van der Waals surface area contributed by atoms with Gasteiger partial charge in [0, 0.05) is 36.9 Å². The standard InChI is InChI=1S/C21H21N5O5/c1-21(2)9-13-15(30-18-11-22-14(10-23-18)20(28)29-4)7-12(8-16(13)31-21)19(27)24-17-5-6-26(3)25-17/h5-8,10-11H,9H2,1-4H3,(H,24,25,27). The van der Waals surface area contributed by atoms with Gasteiger partial charge in [-0.05, 0) is 26.0 Å². The molecule has 1 aliphatic rings. The van der Waals surface area contributed by atoms with Crippen LogP contribution in [0.15, 0.2) is 36.8 Å². The molecule has 0 saturated carbocycles. The Balaban J connectivity index is 1.64. The van der Waals surface area contributed by atoms with Crippen LogP contribution in [0.25, 0.3) is 0 Å². The topological polar surface area (TPSA) is 117 Å². The van der Waals surface area contributed by atoms with Crippen molar-refractivity contribution in [2.45, 2.75) is 25.9 Å². The number of hydrogen-bond acceptors (Lipinski definition) is 8. The Bertz CT molecular complexity index is 1150. The molecule has 31 heavy (non-hydrogen) atoms. The van der Waals surface area contributed by atoms with Gasteiger partial charge >= 0.3 is 5.97 Å². The van der Waals surface area contributed by atoms with E-state index in [1.807, 2.05) is 13.8 Å². The number of hydrogen-bond donors (Lipinski definition) is 1. The molecule has 1 amide bonds. The minimum absolute atomic E-state index is 0.0630. The normalized spacial score (nSPS) is 13.8. The Labute approximate surface area is 178 Å². The highest BCUT2D eigenvalue weighted by Gasteiger charge is 2.34. The van der Waals surface area contributed by atoms with Gasteiger partial charge in [-0.1, -0.05) is 0 Å². The molecule has 3 heterocycles. The Morgan fingerprint density at radius 3 is 2.68 bits per heavy atom. The van der Waals surface area contributed by atoms with Crippen LogP contribution in [0.1, 0.15) is 40.3 Å². The number of aryl methyl sites for hydroxylation is 1. The average Bonchev–Trinajstić information content (AvgIpc) is 3.28. The van der Waals surface area contributed by atoms with Crippen molar-refractivity contribution in [3.63, 3.8) is 0 Å². The summed E-state index contributed by atoms with van der Waals surface area (Å²) in [4.78, 5) is 32.4. The maximum Gasteiger partial charge on any atom is 0.358 e. The number of carbonyl (C=O) groups excluding carboxylic acids is 2. The van der Waals surface area contributed by atoms with E-state index in [4.69, 9.17) is 9.47 Å². The summed E-state index contributed by atoms with van der Waals surface area (Å²) in [5, 5.41) is 6.90. The van der Waals surface area contributed by atoms with Gasteiger partial charge < -0.3 is 19.5 Å². The number of ether oxygens (including phenoxy) is 3. The van der Waals surface area contributed by atoms with Gasteiger partial charge in [-0.25, -0.2) is 14.8 Å². The molecule has 10 nitrogen and oxygen atoms in total. The van der Waals surface area contributed by atoms with E-state index in [-0.39, 0.29) is 17.5 Å². The first-order chi connectivity index (χ1) is 14.7. The largest absolute Gasteiger partial charge is 0.487 e. The lowest BCUT2D eigenvalue weighted by atomic mass is 9.99. The van der Waals surface area contributed by atoms with E-state index in [1.54, 1.807) is 36.1 Å². The van der Waals surface area contributed by atoms with Gasteiger partial charge in [0.05, 0.1) is 19.5 Å². The van der Waals surface area contributed by atoms with Crippen molar-refractivity contribution in [1.29, 1.82) is 0 Å². The Morgan fingerprint density at radius 2 is 2.03 bits per heavy atom. The summed E-state index contributed by atoms with van der Waals surface area (Å²) < 4.78 is 18.1. The van der Waals surface area contributed by atoms with Crippen LogP contribution in [0.2, 0.25) is 0 Å². The summed E-state index contributed by atoms with van der Waals surface area (Å²) in [5.41, 5.74) is 0.777. The first-order valence-corrected chi connectivity index (χ1v) is 9.49. The summed E-state index contributed by atoms with van der Waals surface area (Å²) in [7, 11) is 3.03. The molecule has 1 N–H and O–H groups in total. The number of nitrogens with zero attached hydrogens (tertiary/aromatic N) is 4. The summed E-state index contributed by atoms with van der Waals surface area (Å²) in [5.74, 6) is 0.639. The van der Waals surface area contributed by atoms with Crippen molar-refractivity contribution < 1.29 is 23.8 Å². The molecule has 10 heteroatoms. The second kappa shape index (κ2) is 7.71. The quantitative estimate of drug-likeness (QED) is 0.623. The lowest BCUT2D eigenvalue weighted by molar-refractivity contribution is 0.0593. The van der Waals surface area contributed by atoms with Crippen LogP contribution in [0, 0.1) is 0 Å². The molecule has 3 aromatic rings. The van der Waals surface area contributed by atoms with Gasteiger partial charge in [-0.2, -0.15) is 5.10 Å². The lowest BCUT2D eigenvalue weighted by Gasteiger charge is -2.16. The van der Waals surface area contributed by atoms with Crippen molar-refractivity contribution in [1.82, 2.24) is 19.7 Å². The van der Waals surface area contributed by atoms with E-state index >= 15 is 0 Å². The van der Waals surface area contributed by atoms with Crippen LogP contribution in [-0.2, 0) is 18.2 Å². The van der Waals surface area contributed by atoms with Crippen molar-refractivity contribution in [2.24, 2.45) is 7.05 Å². The summed E-state index contributed by atoms with van der Waals surface area (Å²) >= 11 is 0. The number of esters is 1. The fourth-order valence-electron chi connectivity index (χ4n) is 3.23. The maximum atomic E-state index is 12.8. The van der Waals surface area contributed by atoms with E-state index < -0.39 is 11.6 Å². The minimum Gasteiger partial charge on any atom is -0.487 e. The van der Waals surface area contributed by atoms with Crippen LogP contribution < -0.4 is 14.8 Å². The predicted octanol–water partition coefficient (Wildman–Crippen LogP) is 2.75. The summed E-state index contributed by atoms with van der Waals surface area (Å²) in [6.07, 6.45) is 4.91. The van der Waals surface area contributed by atoms with Gasteiger partial charge in [0.1, 0.15) is 17.1 Å². The molecule has 2 aromatic heterocycles. The highest BCUT2D eigenvalue weighted by molar-refractivity contribution is 6.04. The lowest BCUT2D eigenvalue weighted by Crippen LogP contribution is -2.24. The average molecular weight is 423 g/mol. The molecule has 0 aliphatic carbocycles. The number of nitrogens with one attached hydrogen (secondary N) is 1. The number of amides is 1. The smallest absolute Gasteiger partial charge is 0.358 e. The van der Waals surface area contributed by atoms with Gasteiger partial charge in [0.25, 0.3) is 5.91 Å². The molecule has 0 unspecified atom stereocenters. The zero-order valence-electron chi connectivity index (χ0n) is 17.5. The third-order valence-corrected chi connectivity index (χ3v) is 4.61. The third-order valence-electron chi connectivity index (χ3n) is 4.61. The number of aromatic nitrogens is 4. The van der Waals surface area contributed by atoms with Gasteiger partial charge in [0.15, 0.2) is 11.5 Å².